The number of hydrogen-bond donors (Lipinski definition) is 0. The van der Waals surface area contributed by atoms with Crippen molar-refractivity contribution < 1.29 is 14.1 Å². The van der Waals surface area contributed by atoms with E-state index in [1.54, 1.807) is 7.11 Å². The quantitative estimate of drug-likeness (QED) is 0.247. The van der Waals surface area contributed by atoms with Gasteiger partial charge in [-0.3, -0.25) is 4.79 Å². The number of ether oxygens (including phenoxy) is 1. The van der Waals surface area contributed by atoms with E-state index in [0.29, 0.717) is 36.7 Å². The normalized spacial score (nSPS) is 14.1. The molecule has 6 rings (SSSR count). The summed E-state index contributed by atoms with van der Waals surface area (Å²) in [6.07, 6.45) is 3.64. The number of aromatic nitrogens is 3. The van der Waals surface area contributed by atoms with Crippen LogP contribution in [0, 0.1) is 0 Å². The first-order chi connectivity index (χ1) is 19.7. The Morgan fingerprint density at radius 1 is 0.950 bits per heavy atom. The van der Waals surface area contributed by atoms with E-state index in [4.69, 9.17) is 19.2 Å². The highest BCUT2D eigenvalue weighted by Crippen LogP contribution is 2.35. The summed E-state index contributed by atoms with van der Waals surface area (Å²) in [6.45, 7) is 4.79. The molecule has 1 fully saturated rings. The van der Waals surface area contributed by atoms with Crippen LogP contribution in [-0.2, 0) is 6.42 Å². The van der Waals surface area contributed by atoms with E-state index in [-0.39, 0.29) is 5.91 Å². The summed E-state index contributed by atoms with van der Waals surface area (Å²) in [5.41, 5.74) is 2.79. The molecule has 1 aliphatic rings. The van der Waals surface area contributed by atoms with Crippen LogP contribution >= 0.6 is 0 Å². The minimum atomic E-state index is -0.0161. The van der Waals surface area contributed by atoms with Crippen molar-refractivity contribution in [3.05, 3.63) is 78.1 Å². The van der Waals surface area contributed by atoms with E-state index in [2.05, 4.69) is 47.3 Å². The Balaban J connectivity index is 1.36. The van der Waals surface area contributed by atoms with Gasteiger partial charge < -0.3 is 19.1 Å². The maximum absolute atomic E-state index is 13.4. The molecule has 1 amide bonds. The topological polar surface area (TPSA) is 84.6 Å². The number of aryl methyl sites for hydroxylation is 1. The molecular weight excluding hydrogens is 502 g/mol. The van der Waals surface area contributed by atoms with Crippen molar-refractivity contribution in [1.82, 2.24) is 20.0 Å². The summed E-state index contributed by atoms with van der Waals surface area (Å²) in [5.74, 6) is 2.16. The fourth-order valence-corrected chi connectivity index (χ4v) is 5.41. The van der Waals surface area contributed by atoms with Gasteiger partial charge in [0.05, 0.1) is 12.7 Å². The second-order valence-electron chi connectivity index (χ2n) is 10.2. The van der Waals surface area contributed by atoms with Crippen LogP contribution in [0.1, 0.15) is 42.4 Å². The highest BCUT2D eigenvalue weighted by atomic mass is 16.5. The van der Waals surface area contributed by atoms with Gasteiger partial charge in [0, 0.05) is 38.2 Å². The molecule has 40 heavy (non-hydrogen) atoms. The fourth-order valence-electron chi connectivity index (χ4n) is 5.41. The Bertz CT molecular complexity index is 1660. The molecule has 0 N–H and O–H groups in total. The molecule has 1 saturated heterocycles. The third-order valence-corrected chi connectivity index (χ3v) is 7.56. The summed E-state index contributed by atoms with van der Waals surface area (Å²) < 4.78 is 11.3. The lowest BCUT2D eigenvalue weighted by Crippen LogP contribution is -2.35. The lowest BCUT2D eigenvalue weighted by molar-refractivity contribution is 0.0763. The van der Waals surface area contributed by atoms with Crippen LogP contribution in [0.3, 0.4) is 0 Å². The van der Waals surface area contributed by atoms with Crippen LogP contribution in [0.2, 0.25) is 0 Å². The number of benzene rings is 3. The van der Waals surface area contributed by atoms with Crippen molar-refractivity contribution in [3.8, 4) is 17.0 Å². The number of para-hydroxylation sites is 1. The van der Waals surface area contributed by atoms with Crippen LogP contribution in [-0.4, -0.2) is 59.2 Å². The zero-order valence-electron chi connectivity index (χ0n) is 23.0. The van der Waals surface area contributed by atoms with Gasteiger partial charge in [0.15, 0.2) is 0 Å². The molecule has 3 aromatic carbocycles. The Labute approximate surface area is 233 Å². The summed E-state index contributed by atoms with van der Waals surface area (Å²) in [4.78, 5) is 27.4. The average Bonchev–Trinajstić information content (AvgIpc) is 3.28. The molecule has 3 heterocycles. The molecule has 8 heteroatoms. The Kier molecular flexibility index (Phi) is 7.31. The van der Waals surface area contributed by atoms with E-state index in [1.165, 1.54) is 5.39 Å². The van der Waals surface area contributed by atoms with Gasteiger partial charge in [0.25, 0.3) is 11.6 Å². The molecule has 0 unspecified atom stereocenters. The van der Waals surface area contributed by atoms with Crippen molar-refractivity contribution in [1.29, 1.82) is 0 Å². The van der Waals surface area contributed by atoms with Crippen LogP contribution in [0.4, 0.5) is 5.82 Å². The maximum Gasteiger partial charge on any atom is 0.263 e. The Morgan fingerprint density at radius 3 is 2.62 bits per heavy atom. The highest BCUT2D eigenvalue weighted by Gasteiger charge is 2.27. The van der Waals surface area contributed by atoms with E-state index in [9.17, 15) is 4.79 Å². The first-order valence-electron chi connectivity index (χ1n) is 14.0. The fraction of sp³-hybridized carbons (Fsp3) is 0.312. The van der Waals surface area contributed by atoms with Crippen molar-refractivity contribution >= 4 is 33.6 Å². The zero-order chi connectivity index (χ0) is 27.5. The summed E-state index contributed by atoms with van der Waals surface area (Å²) in [5, 5.41) is 7.62. The van der Waals surface area contributed by atoms with Gasteiger partial charge in [0.2, 0.25) is 0 Å². The molecule has 0 saturated carbocycles. The molecule has 0 atom stereocenters. The molecular formula is C32H33N5O3. The van der Waals surface area contributed by atoms with E-state index in [0.717, 1.165) is 65.9 Å². The van der Waals surface area contributed by atoms with Crippen molar-refractivity contribution in [2.45, 2.75) is 32.6 Å². The molecule has 5 aromatic rings. The van der Waals surface area contributed by atoms with Crippen LogP contribution in [0.25, 0.3) is 33.1 Å². The monoisotopic (exact) mass is 535 g/mol. The first-order valence-corrected chi connectivity index (χ1v) is 14.0. The molecule has 1 aliphatic heterocycles. The summed E-state index contributed by atoms with van der Waals surface area (Å²) >= 11 is 0. The molecule has 204 valence electrons. The smallest absolute Gasteiger partial charge is 0.263 e. The number of fused-ring (bicyclic) bond motifs is 2. The number of methoxy groups -OCH3 is 1. The number of hydrogen-bond acceptors (Lipinski definition) is 7. The number of rotatable bonds is 7. The number of unbranched alkanes of at least 4 members (excludes halogenated alkanes) is 1. The molecule has 0 spiro atoms. The minimum Gasteiger partial charge on any atom is -0.496 e. The van der Waals surface area contributed by atoms with Crippen LogP contribution < -0.4 is 9.64 Å². The van der Waals surface area contributed by atoms with Gasteiger partial charge in [-0.2, -0.15) is 4.98 Å². The van der Waals surface area contributed by atoms with Gasteiger partial charge in [-0.25, -0.2) is 4.98 Å². The van der Waals surface area contributed by atoms with E-state index in [1.807, 2.05) is 41.3 Å². The second kappa shape index (κ2) is 11.3. The third-order valence-electron chi connectivity index (χ3n) is 7.56. The van der Waals surface area contributed by atoms with Gasteiger partial charge in [-0.15, -0.1) is 0 Å². The van der Waals surface area contributed by atoms with Crippen LogP contribution in [0.5, 0.6) is 5.75 Å². The molecule has 0 aliphatic carbocycles. The van der Waals surface area contributed by atoms with E-state index >= 15 is 0 Å². The van der Waals surface area contributed by atoms with Crippen molar-refractivity contribution in [2.24, 2.45) is 0 Å². The predicted octanol–water partition coefficient (Wildman–Crippen LogP) is 6.14. The average molecular weight is 536 g/mol. The third kappa shape index (κ3) is 4.97. The maximum atomic E-state index is 13.4. The number of nitrogens with zero attached hydrogens (tertiary/aromatic N) is 5. The number of carbonyl (C=O) groups is 1. The van der Waals surface area contributed by atoms with Crippen LogP contribution in [0.15, 0.2) is 71.3 Å². The van der Waals surface area contributed by atoms with E-state index < -0.39 is 0 Å². The summed E-state index contributed by atoms with van der Waals surface area (Å²) in [7, 11) is 1.60. The Hall–Kier alpha value is -4.46. The largest absolute Gasteiger partial charge is 0.496 e. The van der Waals surface area contributed by atoms with Gasteiger partial charge in [0.1, 0.15) is 28.5 Å². The standard InChI is InChI=1S/C32H33N5O3/c1-3-4-14-27-33-30(36-17-9-18-37(20-19-36)32(38)25-12-7-8-13-26(25)39-2)28-29(35-40-31(28)34-27)24-16-15-22-10-5-6-11-23(22)21-24/h5-8,10-13,15-16,21H,3-4,9,14,17-20H2,1-2H3. The number of amides is 1. The van der Waals surface area contributed by atoms with Gasteiger partial charge >= 0.3 is 0 Å². The number of carbonyl (C=O) groups excluding carboxylic acids is 1. The SMILES string of the molecule is CCCCc1nc(N2CCCN(C(=O)c3ccccc3OC)CC2)c2c(-c3ccc4ccccc4c3)noc2n1. The molecule has 2 aromatic heterocycles. The van der Waals surface area contributed by atoms with Gasteiger partial charge in [-0.1, -0.05) is 67.0 Å². The van der Waals surface area contributed by atoms with Crippen molar-refractivity contribution in [2.75, 3.05) is 38.2 Å². The van der Waals surface area contributed by atoms with Crippen molar-refractivity contribution in [3.63, 3.8) is 0 Å². The Morgan fingerprint density at radius 2 is 1.77 bits per heavy atom. The second-order valence-corrected chi connectivity index (χ2v) is 10.2. The predicted molar refractivity (Wildman–Crippen MR) is 157 cm³/mol. The first kappa shape index (κ1) is 25.8. The molecule has 0 radical (unpaired) electrons. The molecule has 0 bridgehead atoms. The summed E-state index contributed by atoms with van der Waals surface area (Å²) in [6, 6.07) is 22.0. The molecule has 8 nitrogen and oxygen atoms in total. The lowest BCUT2D eigenvalue weighted by atomic mass is 10.0. The minimum absolute atomic E-state index is 0.0161. The highest BCUT2D eigenvalue weighted by molar-refractivity contribution is 6.00. The van der Waals surface area contributed by atoms with Gasteiger partial charge in [-0.05, 0) is 41.8 Å². The lowest BCUT2D eigenvalue weighted by Gasteiger charge is -2.24. The zero-order valence-corrected chi connectivity index (χ0v) is 23.0. The number of anilines is 1.